The summed E-state index contributed by atoms with van der Waals surface area (Å²) in [7, 11) is 0. The van der Waals surface area contributed by atoms with Crippen LogP contribution in [0.3, 0.4) is 0 Å². The Morgan fingerprint density at radius 3 is 2.18 bits per heavy atom. The fraction of sp³-hybridized carbons (Fsp3) is 0.318. The molecule has 0 radical (unpaired) electrons. The Labute approximate surface area is 164 Å². The van der Waals surface area contributed by atoms with Crippen LogP contribution in [-0.2, 0) is 17.6 Å². The van der Waals surface area contributed by atoms with Crippen LogP contribution in [0.25, 0.3) is 0 Å². The Kier molecular flexibility index (Phi) is 8.19. The van der Waals surface area contributed by atoms with Gasteiger partial charge in [-0.3, -0.25) is 4.79 Å². The van der Waals surface area contributed by atoms with Gasteiger partial charge in [-0.1, -0.05) is 54.6 Å². The zero-order chi connectivity index (χ0) is 20.5. The molecule has 0 aliphatic rings. The fourth-order valence-corrected chi connectivity index (χ4v) is 2.93. The zero-order valence-electron chi connectivity index (χ0n) is 15.6. The number of phenolic OH excluding ortho intramolecular Hbond substituents is 1. The lowest BCUT2D eigenvalue weighted by Gasteiger charge is -2.19. The number of hydrogen-bond donors (Lipinski definition) is 5. The van der Waals surface area contributed by atoms with Crippen LogP contribution < -0.4 is 5.73 Å². The van der Waals surface area contributed by atoms with Gasteiger partial charge in [0.2, 0.25) is 0 Å². The smallest absolute Gasteiger partial charge is 0.309 e. The van der Waals surface area contributed by atoms with Gasteiger partial charge in [0.1, 0.15) is 5.75 Å². The molecule has 0 aromatic heterocycles. The van der Waals surface area contributed by atoms with Crippen molar-refractivity contribution in [2.45, 2.75) is 37.5 Å². The van der Waals surface area contributed by atoms with Gasteiger partial charge in [-0.25, -0.2) is 0 Å². The van der Waals surface area contributed by atoms with Crippen LogP contribution >= 0.6 is 0 Å². The average molecular weight is 385 g/mol. The second kappa shape index (κ2) is 10.6. The Morgan fingerprint density at radius 2 is 1.57 bits per heavy atom. The van der Waals surface area contributed by atoms with E-state index in [0.29, 0.717) is 6.42 Å². The monoisotopic (exact) mass is 385 g/mol. The summed E-state index contributed by atoms with van der Waals surface area (Å²) < 4.78 is 0. The third-order valence-corrected chi connectivity index (χ3v) is 4.64. The number of rotatable bonds is 10. The molecule has 6 nitrogen and oxygen atoms in total. The summed E-state index contributed by atoms with van der Waals surface area (Å²) in [6.45, 7) is 0. The Balaban J connectivity index is 1.87. The van der Waals surface area contributed by atoms with E-state index in [-0.39, 0.29) is 18.6 Å². The van der Waals surface area contributed by atoms with Crippen molar-refractivity contribution >= 4 is 5.97 Å². The normalized spacial score (nSPS) is 15.8. The number of aliphatic carboxylic acids is 1. The zero-order valence-corrected chi connectivity index (χ0v) is 15.6. The van der Waals surface area contributed by atoms with Gasteiger partial charge < -0.3 is 26.2 Å². The molecule has 0 saturated heterocycles. The van der Waals surface area contributed by atoms with Crippen molar-refractivity contribution in [2.24, 2.45) is 11.7 Å². The third-order valence-electron chi connectivity index (χ3n) is 4.64. The van der Waals surface area contributed by atoms with Crippen molar-refractivity contribution in [3.63, 3.8) is 0 Å². The van der Waals surface area contributed by atoms with Gasteiger partial charge >= 0.3 is 5.97 Å². The molecule has 2 aromatic rings. The molecule has 2 rings (SSSR count). The minimum Gasteiger partial charge on any atom is -0.508 e. The van der Waals surface area contributed by atoms with Crippen molar-refractivity contribution in [3.05, 3.63) is 77.9 Å². The summed E-state index contributed by atoms with van der Waals surface area (Å²) in [6.07, 6.45) is 1.81. The molecule has 0 spiro atoms. The van der Waals surface area contributed by atoms with Gasteiger partial charge in [0.15, 0.2) is 0 Å². The summed E-state index contributed by atoms with van der Waals surface area (Å²) in [5.41, 5.74) is 7.73. The predicted molar refractivity (Wildman–Crippen MR) is 107 cm³/mol. The van der Waals surface area contributed by atoms with Gasteiger partial charge in [-0.15, -0.1) is 0 Å². The summed E-state index contributed by atoms with van der Waals surface area (Å²) in [6, 6.07) is 15.2. The fourth-order valence-electron chi connectivity index (χ4n) is 2.93. The second-order valence-corrected chi connectivity index (χ2v) is 6.89. The molecule has 6 N–H and O–H groups in total. The van der Waals surface area contributed by atoms with Crippen LogP contribution in [-0.4, -0.2) is 44.6 Å². The number of hydrogen-bond acceptors (Lipinski definition) is 5. The van der Waals surface area contributed by atoms with Crippen molar-refractivity contribution in [1.82, 2.24) is 0 Å². The number of carboxylic acids is 1. The standard InChI is InChI=1S/C22H27NO5/c23-19(14-16-9-11-17(24)12-10-16)21(26)8-4-7-20(25)18(22(27)28)13-15-5-2-1-3-6-15/h1-7,9-12,18-21,24-26H,8,13-14,23H2,(H,27,28)/b7-4-. The molecule has 0 aliphatic heterocycles. The Bertz CT molecular complexity index is 760. The molecule has 2 aromatic carbocycles. The van der Waals surface area contributed by atoms with Gasteiger partial charge in [0.05, 0.1) is 18.1 Å². The Hall–Kier alpha value is -2.67. The number of aromatic hydroxyl groups is 1. The summed E-state index contributed by atoms with van der Waals surface area (Å²) in [5.74, 6) is -1.88. The molecule has 28 heavy (non-hydrogen) atoms. The lowest BCUT2D eigenvalue weighted by Crippen LogP contribution is -2.36. The van der Waals surface area contributed by atoms with Crippen LogP contribution in [0.4, 0.5) is 0 Å². The quantitative estimate of drug-likeness (QED) is 0.398. The number of nitrogens with two attached hydrogens (primary N) is 1. The number of aliphatic hydroxyl groups is 2. The average Bonchev–Trinajstić information content (AvgIpc) is 2.68. The first-order valence-corrected chi connectivity index (χ1v) is 9.20. The molecule has 6 heteroatoms. The van der Waals surface area contributed by atoms with E-state index < -0.39 is 30.1 Å². The van der Waals surface area contributed by atoms with Crippen LogP contribution in [0, 0.1) is 5.92 Å². The minimum absolute atomic E-state index is 0.165. The van der Waals surface area contributed by atoms with E-state index in [1.807, 2.05) is 30.3 Å². The Morgan fingerprint density at radius 1 is 0.964 bits per heavy atom. The first-order valence-electron chi connectivity index (χ1n) is 9.20. The molecular weight excluding hydrogens is 358 g/mol. The molecule has 150 valence electrons. The maximum absolute atomic E-state index is 11.5. The SMILES string of the molecule is NC(Cc1ccc(O)cc1)C(O)C/C=C\C(O)C(Cc1ccccc1)C(=O)O. The van der Waals surface area contributed by atoms with Crippen LogP contribution in [0.1, 0.15) is 17.5 Å². The maximum atomic E-state index is 11.5. The van der Waals surface area contributed by atoms with Crippen molar-refractivity contribution < 1.29 is 25.2 Å². The third kappa shape index (κ3) is 6.81. The summed E-state index contributed by atoms with van der Waals surface area (Å²) >= 11 is 0. The molecule has 0 fully saturated rings. The molecule has 0 bridgehead atoms. The molecule has 4 unspecified atom stereocenters. The summed E-state index contributed by atoms with van der Waals surface area (Å²) in [4.78, 5) is 11.5. The van der Waals surface area contributed by atoms with E-state index in [0.717, 1.165) is 11.1 Å². The van der Waals surface area contributed by atoms with E-state index in [1.54, 1.807) is 30.3 Å². The molecule has 0 aliphatic carbocycles. The highest BCUT2D eigenvalue weighted by Crippen LogP contribution is 2.16. The van der Waals surface area contributed by atoms with E-state index in [1.165, 1.54) is 6.08 Å². The number of aliphatic hydroxyl groups excluding tert-OH is 2. The van der Waals surface area contributed by atoms with Gasteiger partial charge in [0, 0.05) is 6.04 Å². The summed E-state index contributed by atoms with van der Waals surface area (Å²) in [5, 5.41) is 39.1. The van der Waals surface area contributed by atoms with E-state index >= 15 is 0 Å². The minimum atomic E-state index is -1.17. The molecule has 0 heterocycles. The predicted octanol–water partition coefficient (Wildman–Crippen LogP) is 1.87. The van der Waals surface area contributed by atoms with Gasteiger partial charge in [-0.2, -0.15) is 0 Å². The largest absolute Gasteiger partial charge is 0.508 e. The second-order valence-electron chi connectivity index (χ2n) is 6.89. The maximum Gasteiger partial charge on any atom is 0.309 e. The van der Waals surface area contributed by atoms with Gasteiger partial charge in [0.25, 0.3) is 0 Å². The number of carbonyl (C=O) groups is 1. The van der Waals surface area contributed by atoms with E-state index in [2.05, 4.69) is 0 Å². The van der Waals surface area contributed by atoms with Crippen molar-refractivity contribution in [2.75, 3.05) is 0 Å². The number of carboxylic acid groups (broad SMARTS) is 1. The van der Waals surface area contributed by atoms with Crippen LogP contribution in [0.15, 0.2) is 66.7 Å². The van der Waals surface area contributed by atoms with Gasteiger partial charge in [-0.05, 0) is 42.5 Å². The first kappa shape index (κ1) is 21.6. The lowest BCUT2D eigenvalue weighted by molar-refractivity contribution is -0.144. The highest BCUT2D eigenvalue weighted by molar-refractivity contribution is 5.71. The lowest BCUT2D eigenvalue weighted by atomic mass is 9.93. The molecular formula is C22H27NO5. The van der Waals surface area contributed by atoms with Crippen molar-refractivity contribution in [1.29, 1.82) is 0 Å². The van der Waals surface area contributed by atoms with E-state index in [9.17, 15) is 25.2 Å². The highest BCUT2D eigenvalue weighted by Gasteiger charge is 2.25. The first-order chi connectivity index (χ1) is 13.4. The van der Waals surface area contributed by atoms with E-state index in [4.69, 9.17) is 5.73 Å². The topological polar surface area (TPSA) is 124 Å². The van der Waals surface area contributed by atoms with Crippen molar-refractivity contribution in [3.8, 4) is 5.75 Å². The van der Waals surface area contributed by atoms with Crippen LogP contribution in [0.5, 0.6) is 5.75 Å². The number of benzene rings is 2. The molecule has 0 saturated carbocycles. The van der Waals surface area contributed by atoms with Crippen LogP contribution in [0.2, 0.25) is 0 Å². The number of phenols is 1. The molecule has 4 atom stereocenters. The molecule has 0 amide bonds. The highest BCUT2D eigenvalue weighted by atomic mass is 16.4.